The van der Waals surface area contributed by atoms with Gasteiger partial charge in [-0.2, -0.15) is 0 Å². The van der Waals surface area contributed by atoms with Gasteiger partial charge < -0.3 is 10.8 Å². The Morgan fingerprint density at radius 2 is 1.82 bits per heavy atom. The Balaban J connectivity index is 2.72. The second-order valence-corrected chi connectivity index (χ2v) is 3.90. The van der Waals surface area contributed by atoms with Gasteiger partial charge >= 0.3 is 5.97 Å². The van der Waals surface area contributed by atoms with Crippen LogP contribution in [0.1, 0.15) is 26.3 Å². The lowest BCUT2D eigenvalue weighted by molar-refractivity contribution is 0.0697. The second-order valence-electron chi connectivity index (χ2n) is 3.90. The summed E-state index contributed by atoms with van der Waals surface area (Å²) < 4.78 is 0. The minimum absolute atomic E-state index is 0.191. The molecule has 0 heterocycles. The zero-order valence-electron chi connectivity index (χ0n) is 9.23. The van der Waals surface area contributed by atoms with Gasteiger partial charge in [0.25, 0.3) is 0 Å². The third kappa shape index (κ3) is 1.97. The Morgan fingerprint density at radius 1 is 1.12 bits per heavy atom. The highest BCUT2D eigenvalue weighted by molar-refractivity contribution is 6.01. The molecule has 0 aromatic heterocycles. The molecule has 0 unspecified atom stereocenters. The van der Waals surface area contributed by atoms with E-state index in [0.29, 0.717) is 10.9 Å². The molecule has 4 heteroatoms. The van der Waals surface area contributed by atoms with Crippen LogP contribution in [-0.2, 0) is 0 Å². The first kappa shape index (κ1) is 11.1. The molecular weight excluding hydrogens is 218 g/mol. The number of amides is 1. The van der Waals surface area contributed by atoms with Crippen molar-refractivity contribution in [1.29, 1.82) is 0 Å². The number of aromatic carboxylic acids is 1. The molecule has 2 rings (SSSR count). The molecule has 4 nitrogen and oxygen atoms in total. The third-order valence-corrected chi connectivity index (χ3v) is 2.70. The summed E-state index contributed by atoms with van der Waals surface area (Å²) in [6, 6.07) is 8.23. The number of hydrogen-bond acceptors (Lipinski definition) is 2. The zero-order chi connectivity index (χ0) is 12.6. The van der Waals surface area contributed by atoms with Crippen molar-refractivity contribution in [2.45, 2.75) is 6.92 Å². The average molecular weight is 229 g/mol. The first-order valence-electron chi connectivity index (χ1n) is 5.06. The molecule has 0 aliphatic carbocycles. The van der Waals surface area contributed by atoms with Crippen molar-refractivity contribution in [2.24, 2.45) is 5.73 Å². The summed E-state index contributed by atoms with van der Waals surface area (Å²) in [5.74, 6) is -1.50. The van der Waals surface area contributed by atoms with Gasteiger partial charge in [-0.3, -0.25) is 4.79 Å². The number of aryl methyl sites for hydroxylation is 1. The Kier molecular flexibility index (Phi) is 2.55. The molecule has 0 saturated carbocycles. The molecule has 0 bridgehead atoms. The predicted octanol–water partition coefficient (Wildman–Crippen LogP) is 1.95. The van der Waals surface area contributed by atoms with Crippen LogP contribution in [0.3, 0.4) is 0 Å². The summed E-state index contributed by atoms with van der Waals surface area (Å²) in [4.78, 5) is 22.0. The van der Waals surface area contributed by atoms with Crippen LogP contribution in [0.5, 0.6) is 0 Å². The number of fused-ring (bicyclic) bond motifs is 1. The summed E-state index contributed by atoms with van der Waals surface area (Å²) in [6.07, 6.45) is 0. The maximum atomic E-state index is 11.2. The van der Waals surface area contributed by atoms with Gasteiger partial charge in [0, 0.05) is 5.56 Å². The quantitative estimate of drug-likeness (QED) is 0.825. The van der Waals surface area contributed by atoms with Crippen LogP contribution >= 0.6 is 0 Å². The van der Waals surface area contributed by atoms with Gasteiger partial charge in [-0.25, -0.2) is 4.79 Å². The van der Waals surface area contributed by atoms with Crippen LogP contribution in [0.2, 0.25) is 0 Å². The molecule has 0 radical (unpaired) electrons. The van der Waals surface area contributed by atoms with Crippen molar-refractivity contribution in [3.63, 3.8) is 0 Å². The Hall–Kier alpha value is -2.36. The third-order valence-electron chi connectivity index (χ3n) is 2.70. The van der Waals surface area contributed by atoms with E-state index in [1.54, 1.807) is 19.1 Å². The van der Waals surface area contributed by atoms with Gasteiger partial charge in [0.15, 0.2) is 0 Å². The van der Waals surface area contributed by atoms with Gasteiger partial charge in [0.1, 0.15) is 0 Å². The monoisotopic (exact) mass is 229 g/mol. The van der Waals surface area contributed by atoms with E-state index in [0.717, 1.165) is 10.9 Å². The number of rotatable bonds is 2. The highest BCUT2D eigenvalue weighted by atomic mass is 16.4. The lowest BCUT2D eigenvalue weighted by Gasteiger charge is -2.05. The first-order valence-corrected chi connectivity index (χ1v) is 5.06. The molecular formula is C13H11NO3. The molecule has 2 aromatic carbocycles. The van der Waals surface area contributed by atoms with E-state index in [9.17, 15) is 9.59 Å². The van der Waals surface area contributed by atoms with Crippen molar-refractivity contribution in [3.8, 4) is 0 Å². The van der Waals surface area contributed by atoms with E-state index < -0.39 is 11.9 Å². The molecule has 86 valence electrons. The SMILES string of the molecule is Cc1cc2ccc(C(=O)O)cc2cc1C(N)=O. The van der Waals surface area contributed by atoms with Gasteiger partial charge in [-0.1, -0.05) is 12.1 Å². The van der Waals surface area contributed by atoms with Crippen LogP contribution in [-0.4, -0.2) is 17.0 Å². The zero-order valence-corrected chi connectivity index (χ0v) is 9.23. The first-order chi connectivity index (χ1) is 7.99. The fourth-order valence-corrected chi connectivity index (χ4v) is 1.81. The molecule has 2 aromatic rings. The second kappa shape index (κ2) is 3.90. The van der Waals surface area contributed by atoms with E-state index in [1.165, 1.54) is 12.1 Å². The molecule has 0 aliphatic heterocycles. The van der Waals surface area contributed by atoms with Gasteiger partial charge in [-0.05, 0) is 41.5 Å². The fourth-order valence-electron chi connectivity index (χ4n) is 1.81. The summed E-state index contributed by atoms with van der Waals surface area (Å²) in [6.45, 7) is 1.80. The Bertz CT molecular complexity index is 632. The van der Waals surface area contributed by atoms with E-state index >= 15 is 0 Å². The summed E-state index contributed by atoms with van der Waals surface area (Å²) in [7, 11) is 0. The Labute approximate surface area is 97.7 Å². The van der Waals surface area contributed by atoms with Crippen LogP contribution in [0.4, 0.5) is 0 Å². The van der Waals surface area contributed by atoms with Crippen molar-refractivity contribution in [1.82, 2.24) is 0 Å². The number of hydrogen-bond donors (Lipinski definition) is 2. The minimum Gasteiger partial charge on any atom is -0.478 e. The van der Waals surface area contributed by atoms with Gasteiger partial charge in [0.05, 0.1) is 5.56 Å². The molecule has 0 saturated heterocycles. The van der Waals surface area contributed by atoms with Crippen LogP contribution in [0.15, 0.2) is 30.3 Å². The maximum Gasteiger partial charge on any atom is 0.335 e. The topological polar surface area (TPSA) is 80.4 Å². The van der Waals surface area contributed by atoms with Gasteiger partial charge in [0.2, 0.25) is 5.91 Å². The van der Waals surface area contributed by atoms with Gasteiger partial charge in [-0.15, -0.1) is 0 Å². The van der Waals surface area contributed by atoms with Crippen molar-refractivity contribution < 1.29 is 14.7 Å². The molecule has 0 spiro atoms. The summed E-state index contributed by atoms with van der Waals surface area (Å²) in [5.41, 5.74) is 6.64. The van der Waals surface area contributed by atoms with E-state index in [4.69, 9.17) is 10.8 Å². The largest absolute Gasteiger partial charge is 0.478 e. The van der Waals surface area contributed by atoms with E-state index in [1.807, 2.05) is 6.07 Å². The number of carbonyl (C=O) groups excluding carboxylic acids is 1. The summed E-state index contributed by atoms with van der Waals surface area (Å²) >= 11 is 0. The van der Waals surface area contributed by atoms with Crippen molar-refractivity contribution in [2.75, 3.05) is 0 Å². The number of carbonyl (C=O) groups is 2. The van der Waals surface area contributed by atoms with Crippen LogP contribution in [0, 0.1) is 6.92 Å². The lowest BCUT2D eigenvalue weighted by atomic mass is 10.00. The lowest BCUT2D eigenvalue weighted by Crippen LogP contribution is -2.12. The predicted molar refractivity (Wildman–Crippen MR) is 64.2 cm³/mol. The van der Waals surface area contributed by atoms with Crippen LogP contribution in [0.25, 0.3) is 10.8 Å². The molecule has 17 heavy (non-hydrogen) atoms. The minimum atomic E-state index is -0.993. The highest BCUT2D eigenvalue weighted by Crippen LogP contribution is 2.21. The normalized spacial score (nSPS) is 10.4. The highest BCUT2D eigenvalue weighted by Gasteiger charge is 2.08. The van der Waals surface area contributed by atoms with Crippen LogP contribution < -0.4 is 5.73 Å². The standard InChI is InChI=1S/C13H11NO3/c1-7-4-8-2-3-9(13(16)17)5-10(8)6-11(7)12(14)15/h2-6H,1H3,(H2,14,15)(H,16,17). The van der Waals surface area contributed by atoms with Crippen molar-refractivity contribution in [3.05, 3.63) is 47.0 Å². The molecule has 1 amide bonds. The molecule has 0 atom stereocenters. The number of primary amides is 1. The fraction of sp³-hybridized carbons (Fsp3) is 0.0769. The smallest absolute Gasteiger partial charge is 0.335 e. The average Bonchev–Trinajstić information content (AvgIpc) is 2.27. The number of carboxylic acids is 1. The number of carboxylic acid groups (broad SMARTS) is 1. The maximum absolute atomic E-state index is 11.2. The Morgan fingerprint density at radius 3 is 2.41 bits per heavy atom. The van der Waals surface area contributed by atoms with E-state index in [2.05, 4.69) is 0 Å². The van der Waals surface area contributed by atoms with E-state index in [-0.39, 0.29) is 5.56 Å². The van der Waals surface area contributed by atoms with Crippen molar-refractivity contribution >= 4 is 22.6 Å². The molecule has 0 aliphatic rings. The molecule has 0 fully saturated rings. The molecule has 3 N–H and O–H groups in total. The summed E-state index contributed by atoms with van der Waals surface area (Å²) in [5, 5.41) is 10.5. The number of benzene rings is 2. The number of nitrogens with two attached hydrogens (primary N) is 1.